The highest BCUT2D eigenvalue weighted by atomic mass is 16.5. The molecule has 2 heteroatoms. The number of hydrogen-bond acceptors (Lipinski definition) is 2. The fraction of sp³-hybridized carbons (Fsp3) is 0.167. The zero-order valence-corrected chi connectivity index (χ0v) is 15.2. The Balaban J connectivity index is 1.99. The number of benzene rings is 3. The van der Waals surface area contributed by atoms with Crippen molar-refractivity contribution >= 4 is 0 Å². The smallest absolute Gasteiger partial charge is 0.155 e. The minimum Gasteiger partial charge on any atom is -0.486 e. The molecule has 0 amide bonds. The van der Waals surface area contributed by atoms with Crippen LogP contribution in [0.5, 0.6) is 0 Å². The highest BCUT2D eigenvalue weighted by molar-refractivity contribution is 5.41. The van der Waals surface area contributed by atoms with Crippen LogP contribution in [-0.2, 0) is 15.9 Å². The van der Waals surface area contributed by atoms with E-state index in [-0.39, 0.29) is 0 Å². The van der Waals surface area contributed by atoms with Crippen LogP contribution >= 0.6 is 0 Å². The maximum Gasteiger partial charge on any atom is 0.155 e. The van der Waals surface area contributed by atoms with Crippen LogP contribution in [0.4, 0.5) is 0 Å². The van der Waals surface area contributed by atoms with Gasteiger partial charge < -0.3 is 9.84 Å². The average Bonchev–Trinajstić information content (AvgIpc) is 2.69. The minimum absolute atomic E-state index is 0.639. The predicted octanol–water partition coefficient (Wildman–Crippen LogP) is 5.37. The average molecular weight is 344 g/mol. The molecule has 0 aliphatic carbocycles. The van der Waals surface area contributed by atoms with Crippen molar-refractivity contribution in [3.8, 4) is 0 Å². The van der Waals surface area contributed by atoms with Crippen LogP contribution in [0.1, 0.15) is 36.1 Å². The summed E-state index contributed by atoms with van der Waals surface area (Å²) in [4.78, 5) is 0. The fourth-order valence-electron chi connectivity index (χ4n) is 3.27. The zero-order valence-electron chi connectivity index (χ0n) is 15.2. The zero-order chi connectivity index (χ0) is 18.6. The third-order valence-corrected chi connectivity index (χ3v) is 4.98. The minimum atomic E-state index is -1.05. The molecule has 26 heavy (non-hydrogen) atoms. The van der Waals surface area contributed by atoms with Crippen molar-refractivity contribution in [1.29, 1.82) is 0 Å². The van der Waals surface area contributed by atoms with Crippen molar-refractivity contribution in [2.45, 2.75) is 25.0 Å². The lowest BCUT2D eigenvalue weighted by atomic mass is 9.84. The van der Waals surface area contributed by atoms with Gasteiger partial charge in [-0.2, -0.15) is 0 Å². The van der Waals surface area contributed by atoms with E-state index in [0.29, 0.717) is 0 Å². The first-order valence-corrected chi connectivity index (χ1v) is 8.71. The molecule has 0 aromatic heterocycles. The molecule has 2 nitrogen and oxygen atoms in total. The number of aliphatic hydroxyl groups is 1. The molecule has 0 saturated carbocycles. The molecule has 0 fully saturated rings. The summed E-state index contributed by atoms with van der Waals surface area (Å²) < 4.78 is 5.91. The Hall–Kier alpha value is -2.84. The molecule has 0 aliphatic heterocycles. The molecule has 0 saturated heterocycles. The van der Waals surface area contributed by atoms with E-state index in [1.165, 1.54) is 6.26 Å². The Morgan fingerprint density at radius 2 is 1.08 bits per heavy atom. The summed E-state index contributed by atoms with van der Waals surface area (Å²) in [6, 6.07) is 27.6. The van der Waals surface area contributed by atoms with E-state index >= 15 is 0 Å². The molecule has 3 rings (SSSR count). The Labute approximate surface area is 155 Å². The summed E-state index contributed by atoms with van der Waals surface area (Å²) >= 11 is 0. The summed E-state index contributed by atoms with van der Waals surface area (Å²) in [7, 11) is 0. The summed E-state index contributed by atoms with van der Waals surface area (Å²) in [6.07, 6.45) is 1.47. The van der Waals surface area contributed by atoms with E-state index in [1.807, 2.05) is 98.8 Å². The lowest BCUT2D eigenvalue weighted by Crippen LogP contribution is -2.26. The standard InChI is InChI=1S/C24H24O2/c1-4-26-24(3,21-13-9-6-10-14-21)22-17-15-20(16-18-22)23(2,25)19-11-7-5-8-12-19/h4-18,25H,1H2,2-3H3. The van der Waals surface area contributed by atoms with Gasteiger partial charge in [0.25, 0.3) is 0 Å². The Morgan fingerprint density at radius 1 is 0.692 bits per heavy atom. The summed E-state index contributed by atoms with van der Waals surface area (Å²) in [5.74, 6) is 0. The largest absolute Gasteiger partial charge is 0.486 e. The molecule has 2 unspecified atom stereocenters. The van der Waals surface area contributed by atoms with Gasteiger partial charge in [0.15, 0.2) is 5.60 Å². The molecule has 0 bridgehead atoms. The van der Waals surface area contributed by atoms with Gasteiger partial charge in [-0.1, -0.05) is 91.5 Å². The molecule has 0 aliphatic rings. The second-order valence-electron chi connectivity index (χ2n) is 6.70. The number of ether oxygens (including phenoxy) is 1. The van der Waals surface area contributed by atoms with Crippen LogP contribution in [0.25, 0.3) is 0 Å². The maximum absolute atomic E-state index is 11.0. The fourth-order valence-corrected chi connectivity index (χ4v) is 3.27. The van der Waals surface area contributed by atoms with Gasteiger partial charge in [-0.05, 0) is 36.1 Å². The van der Waals surface area contributed by atoms with Gasteiger partial charge in [0.05, 0.1) is 6.26 Å². The SMILES string of the molecule is C=COC(C)(c1ccccc1)c1ccc(C(C)(O)c2ccccc2)cc1. The first-order valence-electron chi connectivity index (χ1n) is 8.71. The molecule has 0 heterocycles. The molecular formula is C24H24O2. The Morgan fingerprint density at radius 3 is 1.58 bits per heavy atom. The third kappa shape index (κ3) is 3.29. The van der Waals surface area contributed by atoms with E-state index in [0.717, 1.165) is 22.3 Å². The third-order valence-electron chi connectivity index (χ3n) is 4.98. The van der Waals surface area contributed by atoms with Gasteiger partial charge in [-0.15, -0.1) is 0 Å². The lowest BCUT2D eigenvalue weighted by molar-refractivity contribution is 0.0770. The van der Waals surface area contributed by atoms with Crippen molar-refractivity contribution in [3.63, 3.8) is 0 Å². The van der Waals surface area contributed by atoms with Gasteiger partial charge >= 0.3 is 0 Å². The molecule has 0 spiro atoms. The van der Waals surface area contributed by atoms with Crippen LogP contribution in [0, 0.1) is 0 Å². The van der Waals surface area contributed by atoms with E-state index in [2.05, 4.69) is 6.58 Å². The molecule has 2 atom stereocenters. The summed E-state index contributed by atoms with van der Waals surface area (Å²) in [5, 5.41) is 11.0. The van der Waals surface area contributed by atoms with Gasteiger partial charge in [-0.25, -0.2) is 0 Å². The first-order chi connectivity index (χ1) is 12.5. The predicted molar refractivity (Wildman–Crippen MR) is 106 cm³/mol. The van der Waals surface area contributed by atoms with Crippen LogP contribution < -0.4 is 0 Å². The van der Waals surface area contributed by atoms with Crippen LogP contribution in [0.2, 0.25) is 0 Å². The van der Waals surface area contributed by atoms with Crippen molar-refractivity contribution in [2.24, 2.45) is 0 Å². The van der Waals surface area contributed by atoms with Crippen molar-refractivity contribution in [2.75, 3.05) is 0 Å². The highest BCUT2D eigenvalue weighted by Crippen LogP contribution is 2.35. The lowest BCUT2D eigenvalue weighted by Gasteiger charge is -2.31. The molecule has 132 valence electrons. The molecule has 3 aromatic rings. The number of hydrogen-bond donors (Lipinski definition) is 1. The second kappa shape index (κ2) is 7.19. The van der Waals surface area contributed by atoms with Gasteiger partial charge in [0.2, 0.25) is 0 Å². The first kappa shape index (κ1) is 18.0. The van der Waals surface area contributed by atoms with E-state index in [4.69, 9.17) is 4.74 Å². The van der Waals surface area contributed by atoms with E-state index < -0.39 is 11.2 Å². The second-order valence-corrected chi connectivity index (χ2v) is 6.70. The van der Waals surface area contributed by atoms with Gasteiger partial charge in [0.1, 0.15) is 5.60 Å². The molecule has 3 aromatic carbocycles. The monoisotopic (exact) mass is 344 g/mol. The molecular weight excluding hydrogens is 320 g/mol. The molecule has 0 radical (unpaired) electrons. The van der Waals surface area contributed by atoms with Gasteiger partial charge in [0, 0.05) is 0 Å². The van der Waals surface area contributed by atoms with Gasteiger partial charge in [-0.3, -0.25) is 0 Å². The summed E-state index contributed by atoms with van der Waals surface area (Å²) in [6.45, 7) is 7.57. The van der Waals surface area contributed by atoms with Crippen LogP contribution in [0.15, 0.2) is 97.8 Å². The maximum atomic E-state index is 11.0. The van der Waals surface area contributed by atoms with Crippen LogP contribution in [0.3, 0.4) is 0 Å². The van der Waals surface area contributed by atoms with Crippen molar-refractivity contribution in [1.82, 2.24) is 0 Å². The van der Waals surface area contributed by atoms with E-state index in [9.17, 15) is 5.11 Å². The van der Waals surface area contributed by atoms with Crippen molar-refractivity contribution in [3.05, 3.63) is 120 Å². The quantitative estimate of drug-likeness (QED) is 0.610. The molecule has 1 N–H and O–H groups in total. The Bertz CT molecular complexity index is 852. The summed E-state index contributed by atoms with van der Waals surface area (Å²) in [5.41, 5.74) is 2.05. The Kier molecular flexibility index (Phi) is 4.97. The van der Waals surface area contributed by atoms with Crippen LogP contribution in [-0.4, -0.2) is 5.11 Å². The van der Waals surface area contributed by atoms with Crippen molar-refractivity contribution < 1.29 is 9.84 Å². The topological polar surface area (TPSA) is 29.5 Å². The number of rotatable bonds is 6. The van der Waals surface area contributed by atoms with E-state index in [1.54, 1.807) is 0 Å². The highest BCUT2D eigenvalue weighted by Gasteiger charge is 2.31. The normalized spacial score (nSPS) is 15.5.